The minimum atomic E-state index is -0.611. The number of benzene rings is 2. The topological polar surface area (TPSA) is 74.7 Å². The van der Waals surface area contributed by atoms with Gasteiger partial charge >= 0.3 is 0 Å². The maximum Gasteiger partial charge on any atom is 0.197 e. The van der Waals surface area contributed by atoms with Crippen LogP contribution in [0, 0.1) is 11.2 Å². The van der Waals surface area contributed by atoms with Crippen molar-refractivity contribution >= 4 is 76.1 Å². The third-order valence-electron chi connectivity index (χ3n) is 5.89. The molecule has 0 amide bonds. The van der Waals surface area contributed by atoms with Gasteiger partial charge in [0, 0.05) is 43.8 Å². The molecule has 1 aliphatic heterocycles. The lowest BCUT2D eigenvalue weighted by molar-refractivity contribution is 0.0956. The van der Waals surface area contributed by atoms with Gasteiger partial charge in [-0.3, -0.25) is 10.2 Å². The number of carbonyl (C=O) groups is 1. The van der Waals surface area contributed by atoms with Crippen molar-refractivity contribution in [2.75, 3.05) is 62.2 Å². The summed E-state index contributed by atoms with van der Waals surface area (Å²) < 4.78 is 26.7. The van der Waals surface area contributed by atoms with E-state index in [4.69, 9.17) is 14.9 Å². The quantitative estimate of drug-likeness (QED) is 0.129. The normalized spacial score (nSPS) is 12.6. The number of halogens is 1. The second-order valence-corrected chi connectivity index (χ2v) is 12.7. The summed E-state index contributed by atoms with van der Waals surface area (Å²) in [5.74, 6) is -0.385. The number of nitrogens with zero attached hydrogens (tertiary/aromatic N) is 1. The summed E-state index contributed by atoms with van der Waals surface area (Å²) in [6.45, 7) is 4.46. The lowest BCUT2D eigenvalue weighted by Gasteiger charge is -2.25. The molecule has 12 heteroatoms. The first-order chi connectivity index (χ1) is 18.3. The van der Waals surface area contributed by atoms with Crippen molar-refractivity contribution in [1.82, 2.24) is 4.90 Å². The van der Waals surface area contributed by atoms with Crippen molar-refractivity contribution in [1.29, 1.82) is 5.41 Å². The van der Waals surface area contributed by atoms with Gasteiger partial charge < -0.3 is 19.7 Å². The Bertz CT molecular complexity index is 1210. The zero-order valence-corrected chi connectivity index (χ0v) is 26.8. The Morgan fingerprint density at radius 1 is 1.05 bits per heavy atom. The highest BCUT2D eigenvalue weighted by Crippen LogP contribution is 2.50. The molecular formula is C26H34FN3O3S5. The number of nitrogens with one attached hydrogen (secondary N) is 2. The Labute approximate surface area is 246 Å². The second-order valence-electron chi connectivity index (χ2n) is 8.03. The summed E-state index contributed by atoms with van der Waals surface area (Å²) in [5.41, 5.74) is 2.39. The van der Waals surface area contributed by atoms with Gasteiger partial charge in [-0.1, -0.05) is 0 Å². The Kier molecular flexibility index (Phi) is 11.8. The molecule has 0 atom stereocenters. The molecule has 1 heterocycles. The Hall–Kier alpha value is -1.34. The van der Waals surface area contributed by atoms with Gasteiger partial charge in [0.15, 0.2) is 23.1 Å². The molecule has 0 aliphatic carbocycles. The summed E-state index contributed by atoms with van der Waals surface area (Å²) in [6, 6.07) is 1.73. The Balaban J connectivity index is 2.06. The van der Waals surface area contributed by atoms with E-state index in [1.807, 2.05) is 26.5 Å². The van der Waals surface area contributed by atoms with E-state index in [2.05, 4.69) is 17.8 Å². The molecule has 3 rings (SSSR count). The summed E-state index contributed by atoms with van der Waals surface area (Å²) in [6.07, 6.45) is 8.09. The van der Waals surface area contributed by atoms with Crippen LogP contribution in [-0.2, 0) is 6.54 Å². The molecule has 0 radical (unpaired) electrons. The monoisotopic (exact) mass is 615 g/mol. The SMILES string of the molecule is CCOc1cc2c(c(F)c1OCC)C(=N)N(CC(=O)c1c(SC)c(NC)c(SC)c(SCSC)c1SC)C2. The summed E-state index contributed by atoms with van der Waals surface area (Å²) in [7, 11) is 1.88. The highest BCUT2D eigenvalue weighted by molar-refractivity contribution is 8.16. The van der Waals surface area contributed by atoms with Crippen molar-refractivity contribution < 1.29 is 18.7 Å². The fourth-order valence-corrected chi connectivity index (χ4v) is 9.08. The molecule has 6 nitrogen and oxygen atoms in total. The van der Waals surface area contributed by atoms with E-state index >= 15 is 4.39 Å². The van der Waals surface area contributed by atoms with Crippen molar-refractivity contribution in [3.05, 3.63) is 28.6 Å². The molecule has 2 aromatic carbocycles. The lowest BCUT2D eigenvalue weighted by atomic mass is 10.1. The number of ether oxygens (including phenoxy) is 2. The van der Waals surface area contributed by atoms with E-state index in [9.17, 15) is 4.79 Å². The van der Waals surface area contributed by atoms with Crippen LogP contribution in [0.3, 0.4) is 0 Å². The molecule has 208 valence electrons. The average Bonchev–Trinajstić information content (AvgIpc) is 3.22. The first kappa shape index (κ1) is 31.2. The van der Waals surface area contributed by atoms with Crippen LogP contribution in [-0.4, -0.2) is 73.4 Å². The lowest BCUT2D eigenvalue weighted by Crippen LogP contribution is -2.31. The number of fused-ring (bicyclic) bond motifs is 1. The van der Waals surface area contributed by atoms with Crippen LogP contribution in [0.5, 0.6) is 11.5 Å². The number of rotatable bonds is 14. The molecule has 38 heavy (non-hydrogen) atoms. The van der Waals surface area contributed by atoms with Crippen LogP contribution in [0.1, 0.15) is 35.3 Å². The first-order valence-electron chi connectivity index (χ1n) is 12.0. The fraction of sp³-hybridized carbons (Fsp3) is 0.462. The average molecular weight is 616 g/mol. The largest absolute Gasteiger partial charge is 0.490 e. The van der Waals surface area contributed by atoms with Crippen molar-refractivity contribution in [2.24, 2.45) is 0 Å². The van der Waals surface area contributed by atoms with Crippen molar-refractivity contribution in [2.45, 2.75) is 40.0 Å². The number of ketones is 1. The van der Waals surface area contributed by atoms with Gasteiger partial charge in [0.25, 0.3) is 0 Å². The molecule has 0 saturated heterocycles. The molecule has 0 saturated carbocycles. The van der Waals surface area contributed by atoms with Crippen LogP contribution in [0.2, 0.25) is 0 Å². The van der Waals surface area contributed by atoms with E-state index in [1.165, 1.54) is 0 Å². The number of carbonyl (C=O) groups excluding carboxylic acids is 1. The number of amidine groups is 1. The molecule has 0 fully saturated rings. The van der Waals surface area contributed by atoms with Gasteiger partial charge in [0.05, 0.1) is 31.0 Å². The van der Waals surface area contributed by atoms with Gasteiger partial charge in [0.2, 0.25) is 0 Å². The van der Waals surface area contributed by atoms with Gasteiger partial charge in [-0.25, -0.2) is 4.39 Å². The number of hydrogen-bond donors (Lipinski definition) is 2. The highest BCUT2D eigenvalue weighted by Gasteiger charge is 2.35. The maximum atomic E-state index is 15.5. The zero-order valence-electron chi connectivity index (χ0n) is 22.7. The molecule has 0 unspecified atom stereocenters. The smallest absolute Gasteiger partial charge is 0.197 e. The number of hydrogen-bond acceptors (Lipinski definition) is 10. The van der Waals surface area contributed by atoms with Gasteiger partial charge in [0.1, 0.15) is 5.84 Å². The summed E-state index contributed by atoms with van der Waals surface area (Å²) in [4.78, 5) is 19.7. The molecule has 2 N–H and O–H groups in total. The number of Topliss-reactive ketones (excluding diaryl/α,β-unsaturated/α-hetero) is 1. The molecule has 0 bridgehead atoms. The van der Waals surface area contributed by atoms with Crippen molar-refractivity contribution in [3.63, 3.8) is 0 Å². The number of thioether (sulfide) groups is 5. The first-order valence-corrected chi connectivity index (χ1v) is 18.0. The van der Waals surface area contributed by atoms with Crippen LogP contribution < -0.4 is 14.8 Å². The molecule has 1 aliphatic rings. The third kappa shape index (κ3) is 6.04. The highest BCUT2D eigenvalue weighted by atomic mass is 32.2. The minimum Gasteiger partial charge on any atom is -0.490 e. The van der Waals surface area contributed by atoms with Crippen LogP contribution in [0.15, 0.2) is 25.6 Å². The van der Waals surface area contributed by atoms with Crippen LogP contribution in [0.4, 0.5) is 10.1 Å². The Morgan fingerprint density at radius 3 is 2.26 bits per heavy atom. The van der Waals surface area contributed by atoms with E-state index in [0.29, 0.717) is 23.5 Å². The van der Waals surface area contributed by atoms with Gasteiger partial charge in [-0.05, 0) is 50.5 Å². The van der Waals surface area contributed by atoms with Crippen LogP contribution >= 0.6 is 58.8 Å². The minimum absolute atomic E-state index is 0.0159. The number of anilines is 1. The standard InChI is InChI=1S/C26H34FN3O3S5/c1-8-32-16-10-14-11-30(26(28)17(14)19(27)21(16)33-9-2)12-15(31)18-22(35-5)20(29-3)24(37-7)25(23(18)36-6)38-13-34-4/h10,28-29H,8-9,11-13H2,1-7H3. The van der Waals surface area contributed by atoms with Gasteiger partial charge in [-0.15, -0.1) is 47.0 Å². The maximum absolute atomic E-state index is 15.5. The second kappa shape index (κ2) is 14.3. The molecule has 0 spiro atoms. The zero-order chi connectivity index (χ0) is 28.0. The van der Waals surface area contributed by atoms with E-state index in [0.717, 1.165) is 30.4 Å². The van der Waals surface area contributed by atoms with Crippen LogP contribution in [0.25, 0.3) is 0 Å². The predicted octanol–water partition coefficient (Wildman–Crippen LogP) is 7.27. The van der Waals surface area contributed by atoms with E-state index in [-0.39, 0.29) is 42.6 Å². The molecular weight excluding hydrogens is 582 g/mol. The van der Waals surface area contributed by atoms with E-state index in [1.54, 1.807) is 76.7 Å². The molecule has 0 aromatic heterocycles. The summed E-state index contributed by atoms with van der Waals surface area (Å²) in [5, 5.41) is 13.0. The van der Waals surface area contributed by atoms with Crippen molar-refractivity contribution in [3.8, 4) is 11.5 Å². The Morgan fingerprint density at radius 2 is 1.71 bits per heavy atom. The fourth-order valence-electron chi connectivity index (χ4n) is 4.40. The molecule has 2 aromatic rings. The predicted molar refractivity (Wildman–Crippen MR) is 166 cm³/mol. The summed E-state index contributed by atoms with van der Waals surface area (Å²) >= 11 is 8.27. The van der Waals surface area contributed by atoms with E-state index < -0.39 is 5.82 Å². The third-order valence-corrected chi connectivity index (χ3v) is 10.7. The van der Waals surface area contributed by atoms with Gasteiger partial charge in [-0.2, -0.15) is 11.8 Å².